The van der Waals surface area contributed by atoms with Crippen LogP contribution in [0.1, 0.15) is 42.7 Å². The summed E-state index contributed by atoms with van der Waals surface area (Å²) in [7, 11) is 0. The third kappa shape index (κ3) is 1.17. The minimum atomic E-state index is 0.705. The Labute approximate surface area is 101 Å². The van der Waals surface area contributed by atoms with Crippen LogP contribution in [0.5, 0.6) is 0 Å². The second-order valence-corrected chi connectivity index (χ2v) is 5.15. The first-order valence-corrected chi connectivity index (χ1v) is 6.34. The van der Waals surface area contributed by atoms with E-state index in [1.165, 1.54) is 30.8 Å². The Morgan fingerprint density at radius 1 is 1.29 bits per heavy atom. The number of pyridine rings is 1. The fourth-order valence-corrected chi connectivity index (χ4v) is 3.46. The van der Waals surface area contributed by atoms with Gasteiger partial charge in [-0.15, -0.1) is 0 Å². The van der Waals surface area contributed by atoms with Gasteiger partial charge in [0.05, 0.1) is 5.69 Å². The molecular formula is C14H15N3. The van der Waals surface area contributed by atoms with Crippen molar-refractivity contribution >= 4 is 0 Å². The molecule has 1 aliphatic carbocycles. The van der Waals surface area contributed by atoms with Crippen LogP contribution in [0.2, 0.25) is 0 Å². The van der Waals surface area contributed by atoms with Crippen molar-refractivity contribution in [3.05, 3.63) is 35.9 Å². The van der Waals surface area contributed by atoms with Crippen LogP contribution in [0.25, 0.3) is 11.4 Å². The van der Waals surface area contributed by atoms with Gasteiger partial charge >= 0.3 is 0 Å². The largest absolute Gasteiger partial charge is 0.328 e. The number of hydrogen-bond acceptors (Lipinski definition) is 2. The highest BCUT2D eigenvalue weighted by Gasteiger charge is 2.40. The summed E-state index contributed by atoms with van der Waals surface area (Å²) in [5, 5.41) is 0. The van der Waals surface area contributed by atoms with Crippen LogP contribution in [0.4, 0.5) is 0 Å². The minimum Gasteiger partial charge on any atom is -0.328 e. The van der Waals surface area contributed by atoms with Crippen molar-refractivity contribution in [1.29, 1.82) is 0 Å². The zero-order valence-electron chi connectivity index (χ0n) is 9.93. The Balaban J connectivity index is 1.90. The molecule has 3 heterocycles. The van der Waals surface area contributed by atoms with Crippen molar-refractivity contribution < 1.29 is 0 Å². The number of rotatable bonds is 1. The monoisotopic (exact) mass is 225 g/mol. The Morgan fingerprint density at radius 3 is 3.00 bits per heavy atom. The van der Waals surface area contributed by atoms with Gasteiger partial charge in [0.25, 0.3) is 0 Å². The summed E-state index contributed by atoms with van der Waals surface area (Å²) in [4.78, 5) is 9.26. The van der Waals surface area contributed by atoms with E-state index in [0.29, 0.717) is 12.0 Å². The molecule has 86 valence electrons. The lowest BCUT2D eigenvalue weighted by Crippen LogP contribution is -2.07. The van der Waals surface area contributed by atoms with Crippen molar-refractivity contribution in [2.75, 3.05) is 0 Å². The SMILES string of the molecule is Cc1c(-c2ccccn2)nc2n1[C@H]1CC[C@@H]2C1. The molecular weight excluding hydrogens is 210 g/mol. The molecule has 1 aliphatic heterocycles. The molecule has 0 saturated heterocycles. The van der Waals surface area contributed by atoms with E-state index in [4.69, 9.17) is 4.98 Å². The van der Waals surface area contributed by atoms with E-state index >= 15 is 0 Å². The van der Waals surface area contributed by atoms with Gasteiger partial charge in [-0.3, -0.25) is 4.98 Å². The lowest BCUT2D eigenvalue weighted by molar-refractivity contribution is 0.516. The zero-order valence-corrected chi connectivity index (χ0v) is 9.93. The summed E-state index contributed by atoms with van der Waals surface area (Å²) in [6.07, 6.45) is 5.80. The number of hydrogen-bond donors (Lipinski definition) is 0. The average molecular weight is 225 g/mol. The summed E-state index contributed by atoms with van der Waals surface area (Å²) in [6.45, 7) is 2.18. The molecule has 0 amide bonds. The van der Waals surface area contributed by atoms with Gasteiger partial charge in [-0.2, -0.15) is 0 Å². The summed E-state index contributed by atoms with van der Waals surface area (Å²) < 4.78 is 2.46. The van der Waals surface area contributed by atoms with Crippen LogP contribution in [0, 0.1) is 6.92 Å². The summed E-state index contributed by atoms with van der Waals surface area (Å²) >= 11 is 0. The van der Waals surface area contributed by atoms with Crippen molar-refractivity contribution in [2.45, 2.75) is 38.1 Å². The third-order valence-electron chi connectivity index (χ3n) is 4.22. The summed E-state index contributed by atoms with van der Waals surface area (Å²) in [5.41, 5.74) is 3.38. The molecule has 0 unspecified atom stereocenters. The zero-order chi connectivity index (χ0) is 11.4. The molecule has 4 rings (SSSR count). The van der Waals surface area contributed by atoms with E-state index in [-0.39, 0.29) is 0 Å². The van der Waals surface area contributed by atoms with E-state index in [1.54, 1.807) is 0 Å². The Hall–Kier alpha value is -1.64. The maximum absolute atomic E-state index is 4.84. The predicted octanol–water partition coefficient (Wildman–Crippen LogP) is 3.08. The van der Waals surface area contributed by atoms with Crippen LogP contribution in [0.15, 0.2) is 24.4 Å². The van der Waals surface area contributed by atoms with Gasteiger partial charge in [-0.25, -0.2) is 4.98 Å². The van der Waals surface area contributed by atoms with Crippen molar-refractivity contribution in [2.24, 2.45) is 0 Å². The topological polar surface area (TPSA) is 30.7 Å². The van der Waals surface area contributed by atoms with E-state index in [0.717, 1.165) is 11.4 Å². The maximum atomic E-state index is 4.84. The minimum absolute atomic E-state index is 0.705. The third-order valence-corrected chi connectivity index (χ3v) is 4.22. The maximum Gasteiger partial charge on any atom is 0.113 e. The quantitative estimate of drug-likeness (QED) is 0.746. The number of aromatic nitrogens is 3. The van der Waals surface area contributed by atoms with Gasteiger partial charge in [-0.1, -0.05) is 6.07 Å². The van der Waals surface area contributed by atoms with Gasteiger partial charge in [0.15, 0.2) is 0 Å². The molecule has 0 radical (unpaired) electrons. The number of imidazole rings is 1. The molecule has 2 aromatic rings. The standard InChI is InChI=1S/C14H15N3/c1-9-13(12-4-2-3-7-15-12)16-14-10-5-6-11(8-10)17(9)14/h2-4,7,10-11H,5-6,8H2,1H3/t10-,11+/m1/s1. The Morgan fingerprint density at radius 2 is 2.24 bits per heavy atom. The molecule has 2 bridgehead atoms. The van der Waals surface area contributed by atoms with Gasteiger partial charge < -0.3 is 4.57 Å². The van der Waals surface area contributed by atoms with Crippen LogP contribution in [-0.4, -0.2) is 14.5 Å². The molecule has 0 spiro atoms. The average Bonchev–Trinajstić information content (AvgIpc) is 3.03. The summed E-state index contributed by atoms with van der Waals surface area (Å²) in [6, 6.07) is 6.74. The molecule has 1 saturated carbocycles. The number of nitrogens with zero attached hydrogens (tertiary/aromatic N) is 3. The van der Waals surface area contributed by atoms with E-state index in [1.807, 2.05) is 24.4 Å². The highest BCUT2D eigenvalue weighted by atomic mass is 15.2. The Bertz CT molecular complexity index is 571. The van der Waals surface area contributed by atoms with E-state index < -0.39 is 0 Å². The van der Waals surface area contributed by atoms with Crippen molar-refractivity contribution in [1.82, 2.24) is 14.5 Å². The first kappa shape index (κ1) is 9.40. The molecule has 0 aromatic carbocycles. The van der Waals surface area contributed by atoms with Gasteiger partial charge in [0.2, 0.25) is 0 Å². The second kappa shape index (κ2) is 3.19. The Kier molecular flexibility index (Phi) is 1.76. The highest BCUT2D eigenvalue weighted by Crippen LogP contribution is 2.50. The molecule has 17 heavy (non-hydrogen) atoms. The van der Waals surface area contributed by atoms with Crippen molar-refractivity contribution in [3.8, 4) is 11.4 Å². The van der Waals surface area contributed by atoms with Crippen molar-refractivity contribution in [3.63, 3.8) is 0 Å². The van der Waals surface area contributed by atoms with E-state index in [2.05, 4.69) is 16.5 Å². The second-order valence-electron chi connectivity index (χ2n) is 5.15. The van der Waals surface area contributed by atoms with Crippen LogP contribution >= 0.6 is 0 Å². The van der Waals surface area contributed by atoms with Gasteiger partial charge in [-0.05, 0) is 38.3 Å². The predicted molar refractivity (Wildman–Crippen MR) is 65.8 cm³/mol. The first-order valence-electron chi connectivity index (χ1n) is 6.34. The lowest BCUT2D eigenvalue weighted by atomic mass is 10.1. The van der Waals surface area contributed by atoms with Gasteiger partial charge in [0, 0.05) is 23.9 Å². The molecule has 3 nitrogen and oxygen atoms in total. The van der Waals surface area contributed by atoms with E-state index in [9.17, 15) is 0 Å². The molecule has 2 atom stereocenters. The highest BCUT2D eigenvalue weighted by molar-refractivity contribution is 5.58. The molecule has 2 aromatic heterocycles. The molecule has 0 N–H and O–H groups in total. The fraction of sp³-hybridized carbons (Fsp3) is 0.429. The van der Waals surface area contributed by atoms with Crippen LogP contribution in [0.3, 0.4) is 0 Å². The normalized spacial score (nSPS) is 25.2. The molecule has 2 aliphatic rings. The van der Waals surface area contributed by atoms with Gasteiger partial charge in [0.1, 0.15) is 11.5 Å². The summed E-state index contributed by atoms with van der Waals surface area (Å²) in [5.74, 6) is 2.01. The smallest absolute Gasteiger partial charge is 0.113 e. The first-order chi connectivity index (χ1) is 8.34. The molecule has 1 fully saturated rings. The van der Waals surface area contributed by atoms with Crippen LogP contribution in [-0.2, 0) is 0 Å². The lowest BCUT2D eigenvalue weighted by Gasteiger charge is -2.14. The van der Waals surface area contributed by atoms with Crippen LogP contribution < -0.4 is 0 Å². The number of fused-ring (bicyclic) bond motifs is 5. The fourth-order valence-electron chi connectivity index (χ4n) is 3.46. The molecule has 3 heteroatoms.